The summed E-state index contributed by atoms with van der Waals surface area (Å²) in [6.45, 7) is 0.349. The number of ether oxygens (including phenoxy) is 2. The lowest BCUT2D eigenvalue weighted by atomic mass is 9.98. The molecule has 0 saturated carbocycles. The van der Waals surface area contributed by atoms with Crippen LogP contribution in [0.2, 0.25) is 0 Å². The molecule has 1 atom stereocenters. The zero-order valence-corrected chi connectivity index (χ0v) is 18.7. The van der Waals surface area contributed by atoms with E-state index in [0.717, 1.165) is 17.4 Å². The van der Waals surface area contributed by atoms with E-state index in [2.05, 4.69) is 0 Å². The highest BCUT2D eigenvalue weighted by Crippen LogP contribution is 2.39. The Morgan fingerprint density at radius 3 is 2.44 bits per heavy atom. The van der Waals surface area contributed by atoms with Crippen LogP contribution in [-0.4, -0.2) is 31.6 Å². The molecule has 1 amide bonds. The quantitative estimate of drug-likeness (QED) is 0.417. The molecule has 34 heavy (non-hydrogen) atoms. The van der Waals surface area contributed by atoms with E-state index >= 15 is 0 Å². The molecule has 1 aromatic heterocycles. The minimum atomic E-state index is -0.681. The fraction of sp³-hybridized carbons (Fsp3) is 0.185. The third kappa shape index (κ3) is 3.69. The first-order valence-corrected chi connectivity index (χ1v) is 10.8. The van der Waals surface area contributed by atoms with Crippen molar-refractivity contribution in [2.75, 3.05) is 20.8 Å². The third-order valence-electron chi connectivity index (χ3n) is 6.14. The van der Waals surface area contributed by atoms with Crippen molar-refractivity contribution >= 4 is 16.9 Å². The number of hydrogen-bond acceptors (Lipinski definition) is 5. The van der Waals surface area contributed by atoms with Gasteiger partial charge in [0, 0.05) is 6.54 Å². The van der Waals surface area contributed by atoms with Crippen LogP contribution in [0.25, 0.3) is 11.0 Å². The summed E-state index contributed by atoms with van der Waals surface area (Å²) in [6, 6.07) is 17.9. The van der Waals surface area contributed by atoms with E-state index in [4.69, 9.17) is 13.9 Å². The Morgan fingerprint density at radius 2 is 1.71 bits per heavy atom. The van der Waals surface area contributed by atoms with Crippen molar-refractivity contribution in [1.82, 2.24) is 4.90 Å². The molecule has 0 radical (unpaired) electrons. The average molecular weight is 459 g/mol. The molecule has 0 unspecified atom stereocenters. The Bertz CT molecular complexity index is 1440. The Labute approximate surface area is 195 Å². The van der Waals surface area contributed by atoms with Gasteiger partial charge in [-0.25, -0.2) is 4.39 Å². The van der Waals surface area contributed by atoms with Gasteiger partial charge in [-0.1, -0.05) is 24.3 Å². The minimum Gasteiger partial charge on any atom is -0.497 e. The van der Waals surface area contributed by atoms with Gasteiger partial charge in [0.25, 0.3) is 5.91 Å². The van der Waals surface area contributed by atoms with Crippen LogP contribution in [-0.2, 0) is 6.42 Å². The number of rotatable bonds is 6. The van der Waals surface area contributed by atoms with Gasteiger partial charge in [0.05, 0.1) is 31.2 Å². The third-order valence-corrected chi connectivity index (χ3v) is 6.14. The molecule has 6 nitrogen and oxygen atoms in total. The number of halogens is 1. The average Bonchev–Trinajstić information content (AvgIpc) is 3.15. The minimum absolute atomic E-state index is 0.00772. The van der Waals surface area contributed by atoms with Crippen molar-refractivity contribution in [3.63, 3.8) is 0 Å². The molecule has 0 saturated heterocycles. The SMILES string of the molecule is COc1ccc(CCN2C(=O)c3oc4ccc(F)cc4c(=O)c3[C@H]2c2cccc(OC)c2)cc1. The van der Waals surface area contributed by atoms with Gasteiger partial charge in [-0.15, -0.1) is 0 Å². The number of fused-ring (bicyclic) bond motifs is 2. The number of amides is 1. The summed E-state index contributed by atoms with van der Waals surface area (Å²) < 4.78 is 30.4. The van der Waals surface area contributed by atoms with Gasteiger partial charge < -0.3 is 18.8 Å². The smallest absolute Gasteiger partial charge is 0.290 e. The molecule has 0 N–H and O–H groups in total. The second-order valence-electron chi connectivity index (χ2n) is 8.09. The van der Waals surface area contributed by atoms with E-state index < -0.39 is 17.3 Å². The van der Waals surface area contributed by atoms with Gasteiger partial charge in [-0.3, -0.25) is 9.59 Å². The monoisotopic (exact) mass is 459 g/mol. The van der Waals surface area contributed by atoms with Crippen LogP contribution in [0.15, 0.2) is 75.9 Å². The van der Waals surface area contributed by atoms with E-state index in [0.29, 0.717) is 24.3 Å². The summed E-state index contributed by atoms with van der Waals surface area (Å²) >= 11 is 0. The Kier molecular flexibility index (Phi) is 5.53. The summed E-state index contributed by atoms with van der Waals surface area (Å²) in [4.78, 5) is 28.6. The van der Waals surface area contributed by atoms with Crippen LogP contribution in [0.4, 0.5) is 4.39 Å². The molecule has 0 spiro atoms. The van der Waals surface area contributed by atoms with Crippen molar-refractivity contribution in [2.45, 2.75) is 12.5 Å². The van der Waals surface area contributed by atoms with E-state index in [9.17, 15) is 14.0 Å². The summed E-state index contributed by atoms with van der Waals surface area (Å²) in [5, 5.41) is 0.108. The molecule has 0 fully saturated rings. The number of methoxy groups -OCH3 is 2. The van der Waals surface area contributed by atoms with Gasteiger partial charge >= 0.3 is 0 Å². The topological polar surface area (TPSA) is 69.0 Å². The van der Waals surface area contributed by atoms with E-state index in [-0.39, 0.29) is 28.2 Å². The lowest BCUT2D eigenvalue weighted by Gasteiger charge is -2.25. The summed E-state index contributed by atoms with van der Waals surface area (Å²) in [6.07, 6.45) is 0.562. The number of nitrogens with zero attached hydrogens (tertiary/aromatic N) is 1. The van der Waals surface area contributed by atoms with Gasteiger partial charge in [-0.2, -0.15) is 0 Å². The zero-order chi connectivity index (χ0) is 23.8. The molecule has 2 heterocycles. The van der Waals surface area contributed by atoms with Crippen LogP contribution in [0.3, 0.4) is 0 Å². The van der Waals surface area contributed by atoms with Crippen molar-refractivity contribution in [1.29, 1.82) is 0 Å². The van der Waals surface area contributed by atoms with Crippen LogP contribution in [0.5, 0.6) is 11.5 Å². The van der Waals surface area contributed by atoms with Crippen LogP contribution >= 0.6 is 0 Å². The molecular formula is C27H22FNO5. The van der Waals surface area contributed by atoms with Crippen LogP contribution in [0.1, 0.15) is 33.3 Å². The molecule has 0 aliphatic carbocycles. The van der Waals surface area contributed by atoms with Gasteiger partial charge in [0.1, 0.15) is 22.9 Å². The Morgan fingerprint density at radius 1 is 0.941 bits per heavy atom. The van der Waals surface area contributed by atoms with Crippen LogP contribution < -0.4 is 14.9 Å². The summed E-state index contributed by atoms with van der Waals surface area (Å²) in [7, 11) is 3.16. The van der Waals surface area contributed by atoms with Crippen molar-refractivity contribution in [3.8, 4) is 11.5 Å². The first-order chi connectivity index (χ1) is 16.5. The zero-order valence-electron chi connectivity index (χ0n) is 18.7. The van der Waals surface area contributed by atoms with Crippen LogP contribution in [0, 0.1) is 5.82 Å². The Balaban J connectivity index is 1.61. The van der Waals surface area contributed by atoms with Crippen molar-refractivity contribution in [3.05, 3.63) is 105 Å². The number of carbonyl (C=O) groups is 1. The standard InChI is InChI=1S/C27H22FNO5/c1-32-19-9-6-16(7-10-19)12-13-29-24(17-4-3-5-20(14-17)33-2)23-25(30)21-15-18(28)8-11-22(21)34-26(23)27(29)31/h3-11,14-15,24H,12-13H2,1-2H3/t24-/m1/s1. The van der Waals surface area contributed by atoms with Gasteiger partial charge in [0.15, 0.2) is 5.43 Å². The van der Waals surface area contributed by atoms with Crippen molar-refractivity contribution < 1.29 is 23.1 Å². The highest BCUT2D eigenvalue weighted by molar-refractivity contribution is 5.99. The largest absolute Gasteiger partial charge is 0.497 e. The molecule has 3 aromatic carbocycles. The first kappa shape index (κ1) is 21.7. The lowest BCUT2D eigenvalue weighted by Crippen LogP contribution is -2.31. The predicted octanol–water partition coefficient (Wildman–Crippen LogP) is 4.74. The summed E-state index contributed by atoms with van der Waals surface area (Å²) in [5.74, 6) is 0.422. The highest BCUT2D eigenvalue weighted by Gasteiger charge is 2.42. The fourth-order valence-electron chi connectivity index (χ4n) is 4.42. The fourth-order valence-corrected chi connectivity index (χ4v) is 4.42. The second-order valence-corrected chi connectivity index (χ2v) is 8.09. The molecular weight excluding hydrogens is 437 g/mol. The van der Waals surface area contributed by atoms with E-state index in [1.165, 1.54) is 12.1 Å². The Hall–Kier alpha value is -4.13. The van der Waals surface area contributed by atoms with Gasteiger partial charge in [-0.05, 0) is 60.0 Å². The van der Waals surface area contributed by atoms with Gasteiger partial charge in [0.2, 0.25) is 5.76 Å². The lowest BCUT2D eigenvalue weighted by molar-refractivity contribution is 0.0730. The first-order valence-electron chi connectivity index (χ1n) is 10.8. The highest BCUT2D eigenvalue weighted by atomic mass is 19.1. The molecule has 172 valence electrons. The second kappa shape index (κ2) is 8.67. The summed E-state index contributed by atoms with van der Waals surface area (Å²) in [5.41, 5.74) is 1.71. The molecule has 1 aliphatic heterocycles. The molecule has 4 aromatic rings. The number of carbonyl (C=O) groups excluding carboxylic acids is 1. The van der Waals surface area contributed by atoms with E-state index in [1.54, 1.807) is 37.3 Å². The molecule has 1 aliphatic rings. The van der Waals surface area contributed by atoms with E-state index in [1.807, 2.05) is 30.3 Å². The predicted molar refractivity (Wildman–Crippen MR) is 125 cm³/mol. The molecule has 7 heteroatoms. The number of benzene rings is 3. The molecule has 5 rings (SSSR count). The number of hydrogen-bond donors (Lipinski definition) is 0. The maximum Gasteiger partial charge on any atom is 0.290 e. The van der Waals surface area contributed by atoms with Crippen molar-refractivity contribution in [2.24, 2.45) is 0 Å². The maximum absolute atomic E-state index is 13.9. The normalized spacial score (nSPS) is 15.0. The molecule has 0 bridgehead atoms. The maximum atomic E-state index is 13.9.